The lowest BCUT2D eigenvalue weighted by molar-refractivity contribution is 1.05. The molecule has 0 unspecified atom stereocenters. The molecule has 10 aromatic rings. The maximum Gasteiger partial charge on any atom is 0.148 e. The fourth-order valence-electron chi connectivity index (χ4n) is 8.79. The normalized spacial score (nSPS) is 11.9. The van der Waals surface area contributed by atoms with Crippen LogP contribution in [-0.2, 0) is 0 Å². The highest BCUT2D eigenvalue weighted by Gasteiger charge is 2.38. The van der Waals surface area contributed by atoms with Gasteiger partial charge >= 0.3 is 0 Å². The van der Waals surface area contributed by atoms with Crippen molar-refractivity contribution in [2.75, 3.05) is 14.7 Å². The highest BCUT2D eigenvalue weighted by atomic mass is 15.3. The van der Waals surface area contributed by atoms with E-state index < -0.39 is 0 Å². The molecule has 0 amide bonds. The summed E-state index contributed by atoms with van der Waals surface area (Å²) in [6.45, 7) is 0. The van der Waals surface area contributed by atoms with Crippen LogP contribution in [0.5, 0.6) is 0 Å². The smallest absolute Gasteiger partial charge is 0.148 e. The SMILES string of the molecule is c1ccc(-c2ccc(N(c3ccc(-c4ccccc4)cc3)c3cccc4c3c3c(n4-c4ccccc4)N(c4ccccc4)c4ccccc4N3c3ccccc3)cc2)cc1. The van der Waals surface area contributed by atoms with E-state index >= 15 is 0 Å². The van der Waals surface area contributed by atoms with Crippen LogP contribution >= 0.6 is 0 Å². The summed E-state index contributed by atoms with van der Waals surface area (Å²) in [7, 11) is 0. The van der Waals surface area contributed by atoms with Crippen molar-refractivity contribution < 1.29 is 0 Å². The third kappa shape index (κ3) is 6.02. The molecule has 1 aliphatic heterocycles. The molecule has 1 aliphatic rings. The number of fused-ring (bicyclic) bond motifs is 4. The summed E-state index contributed by atoms with van der Waals surface area (Å²) >= 11 is 0. The molecule has 0 spiro atoms. The quantitative estimate of drug-likeness (QED) is 0.153. The number of aromatic nitrogens is 1. The monoisotopic (exact) mass is 768 g/mol. The Bertz CT molecular complexity index is 2970. The molecule has 60 heavy (non-hydrogen) atoms. The summed E-state index contributed by atoms with van der Waals surface area (Å²) in [5.74, 6) is 1.07. The van der Waals surface area contributed by atoms with Gasteiger partial charge in [-0.3, -0.25) is 9.47 Å². The van der Waals surface area contributed by atoms with Crippen molar-refractivity contribution in [3.63, 3.8) is 0 Å². The average Bonchev–Trinajstić information content (AvgIpc) is 3.68. The van der Waals surface area contributed by atoms with E-state index in [4.69, 9.17) is 0 Å². The zero-order valence-electron chi connectivity index (χ0n) is 32.9. The van der Waals surface area contributed by atoms with Crippen molar-refractivity contribution in [1.82, 2.24) is 4.57 Å². The van der Waals surface area contributed by atoms with Crippen molar-refractivity contribution in [3.8, 4) is 27.9 Å². The third-order valence-corrected chi connectivity index (χ3v) is 11.5. The minimum absolute atomic E-state index is 1.07. The van der Waals surface area contributed by atoms with Gasteiger partial charge in [0.2, 0.25) is 0 Å². The summed E-state index contributed by atoms with van der Waals surface area (Å²) < 4.78 is 2.45. The Morgan fingerprint density at radius 2 is 0.700 bits per heavy atom. The summed E-state index contributed by atoms with van der Waals surface area (Å²) in [5, 5.41) is 1.13. The number of hydrogen-bond acceptors (Lipinski definition) is 3. The Labute approximate surface area is 350 Å². The molecule has 1 aromatic heterocycles. The Balaban J connectivity index is 1.24. The van der Waals surface area contributed by atoms with Gasteiger partial charge in [-0.1, -0.05) is 158 Å². The fourth-order valence-corrected chi connectivity index (χ4v) is 8.79. The molecule has 4 nitrogen and oxygen atoms in total. The van der Waals surface area contributed by atoms with Crippen LogP contribution in [0.3, 0.4) is 0 Å². The first kappa shape index (κ1) is 35.1. The maximum atomic E-state index is 2.46. The number of para-hydroxylation sites is 5. The van der Waals surface area contributed by atoms with Gasteiger partial charge in [-0.25, -0.2) is 0 Å². The summed E-state index contributed by atoms with van der Waals surface area (Å²) in [6.07, 6.45) is 0. The van der Waals surface area contributed by atoms with Gasteiger partial charge in [-0.15, -0.1) is 0 Å². The van der Waals surface area contributed by atoms with Crippen molar-refractivity contribution >= 4 is 62.2 Å². The molecule has 4 heteroatoms. The highest BCUT2D eigenvalue weighted by Crippen LogP contribution is 2.60. The first-order valence-corrected chi connectivity index (χ1v) is 20.5. The molecule has 0 radical (unpaired) electrons. The van der Waals surface area contributed by atoms with E-state index in [1.54, 1.807) is 0 Å². The second-order valence-electron chi connectivity index (χ2n) is 15.0. The molecule has 0 N–H and O–H groups in total. The van der Waals surface area contributed by atoms with Crippen LogP contribution in [-0.4, -0.2) is 4.57 Å². The second-order valence-corrected chi connectivity index (χ2v) is 15.0. The van der Waals surface area contributed by atoms with Gasteiger partial charge in [-0.2, -0.15) is 0 Å². The van der Waals surface area contributed by atoms with E-state index in [0.717, 1.165) is 67.9 Å². The zero-order chi connectivity index (χ0) is 39.8. The maximum absolute atomic E-state index is 2.46. The molecule has 2 heterocycles. The van der Waals surface area contributed by atoms with Crippen molar-refractivity contribution in [3.05, 3.63) is 243 Å². The minimum Gasteiger partial charge on any atom is -0.310 e. The Hall–Kier alpha value is -8.08. The number of rotatable bonds is 8. The molecule has 0 atom stereocenters. The predicted octanol–water partition coefficient (Wildman–Crippen LogP) is 15.7. The lowest BCUT2D eigenvalue weighted by Crippen LogP contribution is -2.25. The molecular weight excluding hydrogens is 729 g/mol. The molecule has 0 aliphatic carbocycles. The highest BCUT2D eigenvalue weighted by molar-refractivity contribution is 6.18. The molecule has 0 bridgehead atoms. The summed E-state index contributed by atoms with van der Waals surface area (Å²) in [6, 6.07) is 87.1. The van der Waals surface area contributed by atoms with Crippen LogP contribution in [0.2, 0.25) is 0 Å². The van der Waals surface area contributed by atoms with E-state index in [0.29, 0.717) is 0 Å². The van der Waals surface area contributed by atoms with Gasteiger partial charge < -0.3 is 9.80 Å². The standard InChI is InChI=1S/C56H40N4/c1-6-19-41(20-7-1)43-33-37-48(38-34-43)57(49-39-35-44(36-40-49)42-21-8-2-9-22-42)52-31-18-32-53-54(52)55-56(60(53)47-27-14-5-15-28-47)59(46-25-12-4-13-26-46)51-30-17-16-29-50(51)58(55)45-23-10-3-11-24-45/h1-40H. The molecule has 0 saturated heterocycles. The number of nitrogens with zero attached hydrogens (tertiary/aromatic N) is 4. The van der Waals surface area contributed by atoms with Gasteiger partial charge in [0.25, 0.3) is 0 Å². The topological polar surface area (TPSA) is 14.7 Å². The first-order valence-electron chi connectivity index (χ1n) is 20.5. The van der Waals surface area contributed by atoms with Gasteiger partial charge in [0.15, 0.2) is 0 Å². The molecule has 9 aromatic carbocycles. The van der Waals surface area contributed by atoms with Crippen molar-refractivity contribution in [2.45, 2.75) is 0 Å². The average molecular weight is 769 g/mol. The molecule has 284 valence electrons. The van der Waals surface area contributed by atoms with Crippen LogP contribution in [0.15, 0.2) is 243 Å². The van der Waals surface area contributed by atoms with Gasteiger partial charge in [0, 0.05) is 28.4 Å². The van der Waals surface area contributed by atoms with E-state index in [2.05, 4.69) is 262 Å². The van der Waals surface area contributed by atoms with Crippen LogP contribution < -0.4 is 14.7 Å². The number of benzene rings is 9. The van der Waals surface area contributed by atoms with Gasteiger partial charge in [0.05, 0.1) is 33.7 Å². The first-order chi connectivity index (χ1) is 29.8. The lowest BCUT2D eigenvalue weighted by Gasteiger charge is -2.40. The Morgan fingerprint density at radius 3 is 1.20 bits per heavy atom. The van der Waals surface area contributed by atoms with E-state index in [-0.39, 0.29) is 0 Å². The number of anilines is 9. The predicted molar refractivity (Wildman–Crippen MR) is 252 cm³/mol. The van der Waals surface area contributed by atoms with Crippen molar-refractivity contribution in [1.29, 1.82) is 0 Å². The van der Waals surface area contributed by atoms with Crippen LogP contribution in [0.25, 0.3) is 38.8 Å². The van der Waals surface area contributed by atoms with E-state index in [1.807, 2.05) is 0 Å². The minimum atomic E-state index is 1.07. The van der Waals surface area contributed by atoms with Crippen LogP contribution in [0.4, 0.5) is 51.3 Å². The number of hydrogen-bond donors (Lipinski definition) is 0. The van der Waals surface area contributed by atoms with E-state index in [1.165, 1.54) is 22.3 Å². The second kappa shape index (κ2) is 15.0. The molecule has 0 saturated carbocycles. The van der Waals surface area contributed by atoms with Gasteiger partial charge in [0.1, 0.15) is 5.82 Å². The van der Waals surface area contributed by atoms with E-state index in [9.17, 15) is 0 Å². The fraction of sp³-hybridized carbons (Fsp3) is 0. The van der Waals surface area contributed by atoms with Crippen LogP contribution in [0.1, 0.15) is 0 Å². The third-order valence-electron chi connectivity index (χ3n) is 11.5. The van der Waals surface area contributed by atoms with Gasteiger partial charge in [-0.05, 0) is 107 Å². The summed E-state index contributed by atoms with van der Waals surface area (Å²) in [5.41, 5.74) is 15.6. The lowest BCUT2D eigenvalue weighted by atomic mass is 10.0. The Morgan fingerprint density at radius 1 is 0.300 bits per heavy atom. The zero-order valence-corrected chi connectivity index (χ0v) is 32.9. The van der Waals surface area contributed by atoms with Crippen LogP contribution in [0, 0.1) is 0 Å². The molecular formula is C56H40N4. The molecule has 0 fully saturated rings. The molecule has 11 rings (SSSR count). The summed E-state index contributed by atoms with van der Waals surface area (Å²) in [4.78, 5) is 7.33. The van der Waals surface area contributed by atoms with Crippen molar-refractivity contribution in [2.24, 2.45) is 0 Å². The Kier molecular flexibility index (Phi) is 8.79. The largest absolute Gasteiger partial charge is 0.310 e.